The molecular formula is C34H28O2P2S. The fourth-order valence-corrected chi connectivity index (χ4v) is 13.4. The van der Waals surface area contributed by atoms with Crippen molar-refractivity contribution in [2.45, 2.75) is 31.8 Å². The average Bonchev–Trinajstić information content (AvgIpc) is 3.45. The van der Waals surface area contributed by atoms with Gasteiger partial charge in [0, 0.05) is 26.2 Å². The van der Waals surface area contributed by atoms with Crippen molar-refractivity contribution in [2.24, 2.45) is 0 Å². The van der Waals surface area contributed by atoms with Gasteiger partial charge in [-0.2, -0.15) is 0 Å². The second kappa shape index (κ2) is 8.97. The zero-order chi connectivity index (χ0) is 26.1. The van der Waals surface area contributed by atoms with Gasteiger partial charge in [0.25, 0.3) is 8.01 Å². The van der Waals surface area contributed by atoms with Crippen LogP contribution in [0.4, 0.5) is 0 Å². The lowest BCUT2D eigenvalue weighted by Gasteiger charge is -2.28. The Bertz CT molecular complexity index is 2010. The maximum Gasteiger partial charge on any atom is 0.264 e. The van der Waals surface area contributed by atoms with E-state index in [-0.39, 0.29) is 7.92 Å². The number of benzene rings is 5. The minimum absolute atomic E-state index is 0.317. The molecule has 0 spiro atoms. The van der Waals surface area contributed by atoms with Crippen molar-refractivity contribution in [3.63, 3.8) is 0 Å². The maximum atomic E-state index is 7.04. The molecule has 1 aliphatic rings. The minimum atomic E-state index is -1.37. The van der Waals surface area contributed by atoms with Crippen LogP contribution in [0.25, 0.3) is 58.2 Å². The Morgan fingerprint density at radius 1 is 0.667 bits per heavy atom. The molecule has 0 N–H and O–H groups in total. The molecule has 5 heteroatoms. The van der Waals surface area contributed by atoms with Crippen LogP contribution in [-0.2, 0) is 0 Å². The SMILES string of the molecule is CC1(C)CCCP1c1c(-p2oc3ccc4ccccc4c3c3c(ccc4ccccc43)o2)sc2ccccc12. The number of fused-ring (bicyclic) bond motifs is 8. The van der Waals surface area contributed by atoms with Crippen LogP contribution in [0.5, 0.6) is 0 Å². The fourth-order valence-electron chi connectivity index (χ4n) is 6.38. The first-order valence-corrected chi connectivity index (χ1v) is 17.1. The molecule has 5 aromatic carbocycles. The van der Waals surface area contributed by atoms with Crippen LogP contribution in [0.2, 0.25) is 0 Å². The summed E-state index contributed by atoms with van der Waals surface area (Å²) in [5, 5.41) is 10.3. The van der Waals surface area contributed by atoms with Gasteiger partial charge in [0.15, 0.2) is 0 Å². The van der Waals surface area contributed by atoms with Crippen molar-refractivity contribution in [1.29, 1.82) is 0 Å². The van der Waals surface area contributed by atoms with E-state index in [0.717, 1.165) is 21.9 Å². The molecule has 1 aliphatic heterocycles. The van der Waals surface area contributed by atoms with E-state index in [4.69, 9.17) is 8.39 Å². The Hall–Kier alpha value is -3.09. The highest BCUT2D eigenvalue weighted by molar-refractivity contribution is 7.72. The molecule has 1 unspecified atom stereocenters. The first-order chi connectivity index (χ1) is 19.1. The van der Waals surface area contributed by atoms with Gasteiger partial charge < -0.3 is 8.39 Å². The molecule has 8 rings (SSSR count). The van der Waals surface area contributed by atoms with Gasteiger partial charge in [0.05, 0.1) is 0 Å². The molecule has 0 aliphatic carbocycles. The zero-order valence-corrected chi connectivity index (χ0v) is 24.6. The summed E-state index contributed by atoms with van der Waals surface area (Å²) in [7, 11) is -1.69. The standard InChI is InChI=1S/C34H28O2P2S/c1-34(2)20-9-21-37(34)32-26-14-7-8-15-29(26)39-33(32)38-35-27-18-16-22-10-3-5-12-24(22)30(27)31-25-13-6-4-11-23(25)17-19-28(31)36-38/h3-8,10-19H,9,20-21H2,1-2H3. The maximum absolute atomic E-state index is 7.04. The van der Waals surface area contributed by atoms with Gasteiger partial charge in [-0.05, 0) is 63.9 Å². The minimum Gasteiger partial charge on any atom is -0.415 e. The summed E-state index contributed by atoms with van der Waals surface area (Å²) < 4.78 is 16.7. The fraction of sp³-hybridized carbons (Fsp3) is 0.176. The summed E-state index contributed by atoms with van der Waals surface area (Å²) in [6.07, 6.45) is 3.86. The van der Waals surface area contributed by atoms with Gasteiger partial charge in [-0.25, -0.2) is 0 Å². The van der Waals surface area contributed by atoms with Crippen LogP contribution in [0.15, 0.2) is 105 Å². The van der Waals surface area contributed by atoms with E-state index in [1.165, 1.54) is 60.6 Å². The second-order valence-corrected chi connectivity index (χ2v) is 16.7. The van der Waals surface area contributed by atoms with Crippen LogP contribution < -0.4 is 5.30 Å². The Balaban J connectivity index is 1.55. The monoisotopic (exact) mass is 562 g/mol. The summed E-state index contributed by atoms with van der Waals surface area (Å²) in [4.78, 5) is 0. The summed E-state index contributed by atoms with van der Waals surface area (Å²) in [6, 6.07) is 34.9. The molecule has 1 fully saturated rings. The molecular weight excluding hydrogens is 534 g/mol. The Labute approximate surface area is 233 Å². The second-order valence-electron chi connectivity index (χ2n) is 11.1. The van der Waals surface area contributed by atoms with E-state index in [2.05, 4.69) is 111 Å². The molecule has 0 saturated carbocycles. The quantitative estimate of drug-likeness (QED) is 0.196. The third-order valence-electron chi connectivity index (χ3n) is 8.28. The highest BCUT2D eigenvalue weighted by Gasteiger charge is 2.39. The number of hydrogen-bond donors (Lipinski definition) is 0. The van der Waals surface area contributed by atoms with E-state index < -0.39 is 8.01 Å². The number of thiophene rings is 1. The predicted molar refractivity (Wildman–Crippen MR) is 173 cm³/mol. The van der Waals surface area contributed by atoms with Crippen LogP contribution in [-0.4, -0.2) is 11.3 Å². The van der Waals surface area contributed by atoms with Gasteiger partial charge in [0.2, 0.25) is 0 Å². The van der Waals surface area contributed by atoms with E-state index in [1.54, 1.807) is 0 Å². The summed E-state index contributed by atoms with van der Waals surface area (Å²) in [6.45, 7) is 4.93. The van der Waals surface area contributed by atoms with Crippen LogP contribution >= 0.6 is 27.3 Å². The van der Waals surface area contributed by atoms with Gasteiger partial charge in [-0.15, -0.1) is 11.3 Å². The van der Waals surface area contributed by atoms with Gasteiger partial charge in [0.1, 0.15) is 15.8 Å². The summed E-state index contributed by atoms with van der Waals surface area (Å²) >= 11 is 1.88. The van der Waals surface area contributed by atoms with Crippen molar-refractivity contribution in [3.05, 3.63) is 97.1 Å². The summed E-state index contributed by atoms with van der Waals surface area (Å²) in [5.41, 5.74) is 1.83. The molecule has 39 heavy (non-hydrogen) atoms. The van der Waals surface area contributed by atoms with Crippen LogP contribution in [0.3, 0.4) is 0 Å². The van der Waals surface area contributed by atoms with E-state index in [1.807, 2.05) is 11.3 Å². The lowest BCUT2D eigenvalue weighted by atomic mass is 9.99. The molecule has 0 radical (unpaired) electrons. The molecule has 0 bridgehead atoms. The van der Waals surface area contributed by atoms with Gasteiger partial charge in [-0.3, -0.25) is 0 Å². The van der Waals surface area contributed by atoms with Crippen molar-refractivity contribution in [1.82, 2.24) is 0 Å². The Morgan fingerprint density at radius 2 is 1.23 bits per heavy atom. The number of hydrogen-bond acceptors (Lipinski definition) is 3. The van der Waals surface area contributed by atoms with Crippen molar-refractivity contribution in [3.8, 4) is 4.62 Å². The van der Waals surface area contributed by atoms with Crippen LogP contribution in [0, 0.1) is 0 Å². The van der Waals surface area contributed by atoms with Crippen LogP contribution in [0.1, 0.15) is 26.7 Å². The molecule has 3 heterocycles. The topological polar surface area (TPSA) is 26.3 Å². The van der Waals surface area contributed by atoms with Crippen molar-refractivity contribution >= 4 is 86.1 Å². The highest BCUT2D eigenvalue weighted by atomic mass is 32.1. The molecule has 7 aromatic rings. The van der Waals surface area contributed by atoms with E-state index in [9.17, 15) is 0 Å². The third kappa shape index (κ3) is 3.71. The molecule has 192 valence electrons. The summed E-state index contributed by atoms with van der Waals surface area (Å²) in [5.74, 6) is 0. The highest BCUT2D eigenvalue weighted by Crippen LogP contribution is 2.62. The zero-order valence-electron chi connectivity index (χ0n) is 22.0. The Kier molecular flexibility index (Phi) is 5.46. The predicted octanol–water partition coefficient (Wildman–Crippen LogP) is 11.5. The van der Waals surface area contributed by atoms with E-state index in [0.29, 0.717) is 5.16 Å². The first kappa shape index (κ1) is 23.8. The lowest BCUT2D eigenvalue weighted by Crippen LogP contribution is -2.18. The number of rotatable bonds is 2. The first-order valence-electron chi connectivity index (χ1n) is 13.6. The molecule has 2 aromatic heterocycles. The van der Waals surface area contributed by atoms with Crippen molar-refractivity contribution in [2.75, 3.05) is 6.16 Å². The van der Waals surface area contributed by atoms with Gasteiger partial charge >= 0.3 is 0 Å². The van der Waals surface area contributed by atoms with Gasteiger partial charge in [-0.1, -0.05) is 101 Å². The largest absolute Gasteiger partial charge is 0.415 e. The molecule has 1 saturated heterocycles. The lowest BCUT2D eigenvalue weighted by molar-refractivity contribution is 0.652. The normalized spacial score (nSPS) is 17.1. The molecule has 0 amide bonds. The third-order valence-corrected chi connectivity index (χ3v) is 15.0. The smallest absolute Gasteiger partial charge is 0.264 e. The van der Waals surface area contributed by atoms with Crippen molar-refractivity contribution < 1.29 is 8.39 Å². The Morgan fingerprint density at radius 3 is 1.82 bits per heavy atom. The van der Waals surface area contributed by atoms with E-state index >= 15 is 0 Å². The molecule has 1 atom stereocenters. The average molecular weight is 563 g/mol. The molecule has 2 nitrogen and oxygen atoms in total.